The highest BCUT2D eigenvalue weighted by Crippen LogP contribution is 2.22. The Labute approximate surface area is 183 Å². The molecule has 1 saturated heterocycles. The molecule has 1 aliphatic rings. The van der Waals surface area contributed by atoms with Crippen LogP contribution in [0.2, 0.25) is 0 Å². The number of hydrogen-bond acceptors (Lipinski definition) is 5. The van der Waals surface area contributed by atoms with Gasteiger partial charge in [-0.25, -0.2) is 9.59 Å². The van der Waals surface area contributed by atoms with Crippen LogP contribution in [-0.2, 0) is 9.47 Å². The second kappa shape index (κ2) is 13.9. The Morgan fingerprint density at radius 3 is 2.00 bits per heavy atom. The number of benzene rings is 1. The Kier molecular flexibility index (Phi) is 12.8. The first-order valence-electron chi connectivity index (χ1n) is 11.1. The van der Waals surface area contributed by atoms with Crippen LogP contribution in [0.5, 0.6) is 0 Å². The van der Waals surface area contributed by atoms with Gasteiger partial charge in [0.15, 0.2) is 0 Å². The highest BCUT2D eigenvalue weighted by atomic mass is 16.6. The van der Waals surface area contributed by atoms with E-state index in [2.05, 4.69) is 18.7 Å². The van der Waals surface area contributed by atoms with Crippen molar-refractivity contribution < 1.29 is 19.1 Å². The lowest BCUT2D eigenvalue weighted by molar-refractivity contribution is 0.0240. The van der Waals surface area contributed by atoms with Crippen molar-refractivity contribution in [3.63, 3.8) is 0 Å². The molecule has 1 aliphatic heterocycles. The third kappa shape index (κ3) is 9.51. The minimum absolute atomic E-state index is 0.275. The SMILES string of the molecule is CC.CCC.CCOC(=O)c1cc(N2CCN(C(=O)OC(C)(C)C)CC2)ccc1C. The number of carbonyl (C=O) groups is 2. The molecule has 0 N–H and O–H groups in total. The summed E-state index contributed by atoms with van der Waals surface area (Å²) in [6.45, 7) is 20.5. The molecule has 1 heterocycles. The fourth-order valence-electron chi connectivity index (χ4n) is 2.71. The van der Waals surface area contributed by atoms with E-state index in [4.69, 9.17) is 9.47 Å². The number of esters is 1. The number of rotatable bonds is 3. The third-order valence-electron chi connectivity index (χ3n) is 4.01. The summed E-state index contributed by atoms with van der Waals surface area (Å²) in [6, 6.07) is 5.81. The van der Waals surface area contributed by atoms with Gasteiger partial charge in [0, 0.05) is 31.9 Å². The number of carbonyl (C=O) groups excluding carboxylic acids is 2. The zero-order chi connectivity index (χ0) is 23.3. The second-order valence-corrected chi connectivity index (χ2v) is 7.88. The van der Waals surface area contributed by atoms with Gasteiger partial charge >= 0.3 is 12.1 Å². The van der Waals surface area contributed by atoms with Crippen LogP contribution in [0, 0.1) is 6.92 Å². The quantitative estimate of drug-likeness (QED) is 0.587. The lowest BCUT2D eigenvalue weighted by Gasteiger charge is -2.37. The average molecular weight is 423 g/mol. The Balaban J connectivity index is 0.00000154. The number of ether oxygens (including phenoxy) is 2. The van der Waals surface area contributed by atoms with Crippen molar-refractivity contribution in [2.24, 2.45) is 0 Å². The molecule has 0 radical (unpaired) electrons. The van der Waals surface area contributed by atoms with E-state index in [0.717, 1.165) is 11.3 Å². The summed E-state index contributed by atoms with van der Waals surface area (Å²) in [5, 5.41) is 0. The van der Waals surface area contributed by atoms with Gasteiger partial charge in [0.25, 0.3) is 0 Å². The fourth-order valence-corrected chi connectivity index (χ4v) is 2.71. The predicted molar refractivity (Wildman–Crippen MR) is 124 cm³/mol. The van der Waals surface area contributed by atoms with Gasteiger partial charge in [-0.2, -0.15) is 0 Å². The molecule has 0 bridgehead atoms. The van der Waals surface area contributed by atoms with Crippen LogP contribution >= 0.6 is 0 Å². The van der Waals surface area contributed by atoms with Gasteiger partial charge in [-0.3, -0.25) is 0 Å². The highest BCUT2D eigenvalue weighted by Gasteiger charge is 2.26. The van der Waals surface area contributed by atoms with E-state index >= 15 is 0 Å². The molecule has 0 spiro atoms. The Morgan fingerprint density at radius 2 is 1.53 bits per heavy atom. The van der Waals surface area contributed by atoms with Crippen molar-refractivity contribution in [1.82, 2.24) is 4.90 Å². The molecule has 30 heavy (non-hydrogen) atoms. The monoisotopic (exact) mass is 422 g/mol. The van der Waals surface area contributed by atoms with Crippen LogP contribution < -0.4 is 4.90 Å². The fraction of sp³-hybridized carbons (Fsp3) is 0.667. The van der Waals surface area contributed by atoms with Crippen molar-refractivity contribution in [2.75, 3.05) is 37.7 Å². The van der Waals surface area contributed by atoms with Crippen molar-refractivity contribution in [2.45, 2.75) is 74.3 Å². The maximum absolute atomic E-state index is 12.1. The van der Waals surface area contributed by atoms with Crippen molar-refractivity contribution in [3.05, 3.63) is 29.3 Å². The molecule has 1 fully saturated rings. The van der Waals surface area contributed by atoms with Crippen molar-refractivity contribution >= 4 is 17.7 Å². The third-order valence-corrected chi connectivity index (χ3v) is 4.01. The Morgan fingerprint density at radius 1 is 1.00 bits per heavy atom. The van der Waals surface area contributed by atoms with E-state index in [9.17, 15) is 9.59 Å². The van der Waals surface area contributed by atoms with Gasteiger partial charge in [0.1, 0.15) is 5.60 Å². The molecule has 172 valence electrons. The predicted octanol–water partition coefficient (Wildman–Crippen LogP) is 5.67. The van der Waals surface area contributed by atoms with Gasteiger partial charge in [-0.05, 0) is 52.3 Å². The van der Waals surface area contributed by atoms with Gasteiger partial charge in [-0.1, -0.05) is 40.2 Å². The molecule has 6 nitrogen and oxygen atoms in total. The van der Waals surface area contributed by atoms with Gasteiger partial charge < -0.3 is 19.3 Å². The summed E-state index contributed by atoms with van der Waals surface area (Å²) in [7, 11) is 0. The summed E-state index contributed by atoms with van der Waals surface area (Å²) < 4.78 is 10.5. The average Bonchev–Trinajstić information content (AvgIpc) is 2.69. The molecule has 0 atom stereocenters. The normalized spacial score (nSPS) is 13.4. The molecule has 0 aliphatic carbocycles. The van der Waals surface area contributed by atoms with Crippen molar-refractivity contribution in [3.8, 4) is 0 Å². The molecule has 1 aromatic carbocycles. The largest absolute Gasteiger partial charge is 0.462 e. The molecule has 0 saturated carbocycles. The lowest BCUT2D eigenvalue weighted by Crippen LogP contribution is -2.50. The number of anilines is 1. The maximum Gasteiger partial charge on any atom is 0.410 e. The van der Waals surface area contributed by atoms with E-state index in [1.54, 1.807) is 11.8 Å². The van der Waals surface area contributed by atoms with Gasteiger partial charge in [0.2, 0.25) is 0 Å². The first kappa shape index (κ1) is 27.8. The molecule has 0 aromatic heterocycles. The van der Waals surface area contributed by atoms with E-state index in [-0.39, 0.29) is 12.1 Å². The smallest absolute Gasteiger partial charge is 0.410 e. The number of piperazine rings is 1. The zero-order valence-corrected chi connectivity index (χ0v) is 20.5. The van der Waals surface area contributed by atoms with Crippen LogP contribution in [0.15, 0.2) is 18.2 Å². The Bertz CT molecular complexity index is 645. The summed E-state index contributed by atoms with van der Waals surface area (Å²) >= 11 is 0. The molecule has 1 amide bonds. The summed E-state index contributed by atoms with van der Waals surface area (Å²) in [4.78, 5) is 28.1. The zero-order valence-electron chi connectivity index (χ0n) is 20.5. The summed E-state index contributed by atoms with van der Waals surface area (Å²) in [5.74, 6) is -0.297. The Hall–Kier alpha value is -2.24. The van der Waals surface area contributed by atoms with E-state index in [0.29, 0.717) is 38.3 Å². The molecule has 0 unspecified atom stereocenters. The van der Waals surface area contributed by atoms with Gasteiger partial charge in [0.05, 0.1) is 12.2 Å². The van der Waals surface area contributed by atoms with E-state index in [1.165, 1.54) is 6.42 Å². The standard InChI is InChI=1S/C19H28N2O4.C3H8.C2H6/c1-6-24-17(22)16-13-15(8-7-14(16)2)20-9-11-21(12-10-20)18(23)25-19(3,4)5;1-3-2;1-2/h7-8,13H,6,9-12H2,1-5H3;3H2,1-2H3;1-2H3. The first-order valence-corrected chi connectivity index (χ1v) is 11.1. The molecular weight excluding hydrogens is 380 g/mol. The topological polar surface area (TPSA) is 59.1 Å². The van der Waals surface area contributed by atoms with Crippen LogP contribution in [0.3, 0.4) is 0 Å². The maximum atomic E-state index is 12.1. The lowest BCUT2D eigenvalue weighted by atomic mass is 10.1. The van der Waals surface area contributed by atoms with E-state index < -0.39 is 5.60 Å². The second-order valence-electron chi connectivity index (χ2n) is 7.88. The highest BCUT2D eigenvalue weighted by molar-refractivity contribution is 5.92. The molecular formula is C24H42N2O4. The molecule has 2 rings (SSSR count). The molecule has 1 aromatic rings. The summed E-state index contributed by atoms with van der Waals surface area (Å²) in [6.07, 6.45) is 0.975. The van der Waals surface area contributed by atoms with Crippen LogP contribution in [0.25, 0.3) is 0 Å². The number of hydrogen-bond donors (Lipinski definition) is 0. The van der Waals surface area contributed by atoms with Crippen LogP contribution in [0.1, 0.15) is 77.7 Å². The number of aryl methyl sites for hydroxylation is 1. The van der Waals surface area contributed by atoms with Crippen molar-refractivity contribution in [1.29, 1.82) is 0 Å². The summed E-state index contributed by atoms with van der Waals surface area (Å²) in [5.41, 5.74) is 1.97. The molecule has 6 heteroatoms. The van der Waals surface area contributed by atoms with Gasteiger partial charge in [-0.15, -0.1) is 0 Å². The first-order chi connectivity index (χ1) is 14.1. The van der Waals surface area contributed by atoms with Crippen LogP contribution in [-0.4, -0.2) is 55.3 Å². The van der Waals surface area contributed by atoms with Crippen LogP contribution in [0.4, 0.5) is 10.5 Å². The number of amides is 1. The van der Waals surface area contributed by atoms with E-state index in [1.807, 2.05) is 59.7 Å². The minimum Gasteiger partial charge on any atom is -0.462 e. The minimum atomic E-state index is -0.486. The number of nitrogens with zero attached hydrogens (tertiary/aromatic N) is 2.